The van der Waals surface area contributed by atoms with Crippen molar-refractivity contribution >= 4 is 22.9 Å². The maximum absolute atomic E-state index is 12.1. The topological polar surface area (TPSA) is 78.6 Å². The van der Waals surface area contributed by atoms with E-state index in [1.807, 2.05) is 24.3 Å². The van der Waals surface area contributed by atoms with Crippen molar-refractivity contribution in [3.05, 3.63) is 60.0 Å². The van der Waals surface area contributed by atoms with E-state index in [4.69, 9.17) is 13.9 Å². The van der Waals surface area contributed by atoms with Crippen LogP contribution in [-0.2, 0) is 16.0 Å². The van der Waals surface area contributed by atoms with Gasteiger partial charge < -0.3 is 13.9 Å². The molecule has 6 heteroatoms. The summed E-state index contributed by atoms with van der Waals surface area (Å²) >= 11 is 0. The first-order valence-corrected chi connectivity index (χ1v) is 7.83. The Labute approximate surface area is 144 Å². The van der Waals surface area contributed by atoms with E-state index in [1.54, 1.807) is 24.3 Å². The van der Waals surface area contributed by atoms with Crippen LogP contribution in [0.5, 0.6) is 5.75 Å². The molecule has 6 nitrogen and oxygen atoms in total. The summed E-state index contributed by atoms with van der Waals surface area (Å²) in [6, 6.07) is 14.2. The van der Waals surface area contributed by atoms with Crippen molar-refractivity contribution < 1.29 is 23.5 Å². The maximum Gasteiger partial charge on any atom is 0.306 e. The highest BCUT2D eigenvalue weighted by Crippen LogP contribution is 2.18. The van der Waals surface area contributed by atoms with Crippen molar-refractivity contribution in [2.24, 2.45) is 0 Å². The molecular weight excluding hydrogens is 322 g/mol. The van der Waals surface area contributed by atoms with Gasteiger partial charge in [0.25, 0.3) is 0 Å². The fraction of sp³-hybridized carbons (Fsp3) is 0.211. The lowest BCUT2D eigenvalue weighted by molar-refractivity contribution is -0.142. The highest BCUT2D eigenvalue weighted by atomic mass is 16.5. The van der Waals surface area contributed by atoms with Crippen molar-refractivity contribution in [2.45, 2.75) is 12.8 Å². The third-order valence-electron chi connectivity index (χ3n) is 3.65. The molecule has 0 aliphatic rings. The molecule has 0 bridgehead atoms. The van der Waals surface area contributed by atoms with Crippen LogP contribution in [0.25, 0.3) is 11.1 Å². The summed E-state index contributed by atoms with van der Waals surface area (Å²) in [7, 11) is 1.48. The van der Waals surface area contributed by atoms with Gasteiger partial charge in [-0.15, -0.1) is 0 Å². The second-order valence-corrected chi connectivity index (χ2v) is 5.36. The zero-order valence-corrected chi connectivity index (χ0v) is 13.7. The molecule has 0 aliphatic heterocycles. The monoisotopic (exact) mass is 339 g/mol. The number of Topliss-reactive ketones (excluding diaryl/α,β-unsaturated/α-hetero) is 1. The number of hydrogen-bond donors (Lipinski definition) is 0. The van der Waals surface area contributed by atoms with Gasteiger partial charge in [0, 0.05) is 6.42 Å². The second kappa shape index (κ2) is 7.61. The Bertz CT molecular complexity index is 866. The maximum atomic E-state index is 12.1. The molecule has 0 radical (unpaired) electrons. The van der Waals surface area contributed by atoms with Crippen molar-refractivity contribution in [3.63, 3.8) is 0 Å². The first kappa shape index (κ1) is 16.7. The third kappa shape index (κ3) is 4.03. The largest absolute Gasteiger partial charge is 0.496 e. The summed E-state index contributed by atoms with van der Waals surface area (Å²) in [4.78, 5) is 28.3. The van der Waals surface area contributed by atoms with Crippen LogP contribution in [0.1, 0.15) is 22.7 Å². The fourth-order valence-corrected chi connectivity index (χ4v) is 2.41. The molecule has 3 aromatic rings. The standard InChI is InChI=1S/C19H17NO5/c1-23-16-8-4-2-6-13(16)15(21)12-24-19(22)11-10-18-20-14-7-3-5-9-17(14)25-18/h2-9H,10-12H2,1H3. The average Bonchev–Trinajstić information content (AvgIpc) is 3.07. The molecule has 25 heavy (non-hydrogen) atoms. The molecule has 0 spiro atoms. The smallest absolute Gasteiger partial charge is 0.306 e. The van der Waals surface area contributed by atoms with Gasteiger partial charge in [-0.25, -0.2) is 4.98 Å². The number of methoxy groups -OCH3 is 1. The van der Waals surface area contributed by atoms with Crippen LogP contribution in [0.3, 0.4) is 0 Å². The van der Waals surface area contributed by atoms with E-state index in [0.717, 1.165) is 5.52 Å². The summed E-state index contributed by atoms with van der Waals surface area (Å²) in [5.74, 6) is 0.127. The Morgan fingerprint density at radius 2 is 1.84 bits per heavy atom. The Morgan fingerprint density at radius 1 is 1.08 bits per heavy atom. The summed E-state index contributed by atoms with van der Waals surface area (Å²) < 4.78 is 15.7. The van der Waals surface area contributed by atoms with Crippen LogP contribution >= 0.6 is 0 Å². The average molecular weight is 339 g/mol. The van der Waals surface area contributed by atoms with Crippen molar-refractivity contribution in [1.82, 2.24) is 4.98 Å². The van der Waals surface area contributed by atoms with Crippen LogP contribution in [0.2, 0.25) is 0 Å². The van der Waals surface area contributed by atoms with Gasteiger partial charge in [0.05, 0.1) is 19.1 Å². The Kier molecular flexibility index (Phi) is 5.09. The molecule has 0 N–H and O–H groups in total. The lowest BCUT2D eigenvalue weighted by atomic mass is 10.1. The summed E-state index contributed by atoms with van der Waals surface area (Å²) in [5.41, 5.74) is 1.81. The van der Waals surface area contributed by atoms with Gasteiger partial charge in [0.2, 0.25) is 5.78 Å². The van der Waals surface area contributed by atoms with E-state index < -0.39 is 5.97 Å². The van der Waals surface area contributed by atoms with E-state index >= 15 is 0 Å². The molecule has 0 unspecified atom stereocenters. The number of oxazole rings is 1. The Balaban J connectivity index is 1.51. The lowest BCUT2D eigenvalue weighted by Crippen LogP contribution is -2.15. The molecular formula is C19H17NO5. The number of fused-ring (bicyclic) bond motifs is 1. The van der Waals surface area contributed by atoms with Crippen LogP contribution in [0.15, 0.2) is 52.9 Å². The molecule has 0 atom stereocenters. The molecule has 0 amide bonds. The number of aromatic nitrogens is 1. The number of hydrogen-bond acceptors (Lipinski definition) is 6. The highest BCUT2D eigenvalue weighted by Gasteiger charge is 2.15. The number of nitrogens with zero attached hydrogens (tertiary/aromatic N) is 1. The second-order valence-electron chi connectivity index (χ2n) is 5.36. The minimum Gasteiger partial charge on any atom is -0.496 e. The Hall–Kier alpha value is -3.15. The van der Waals surface area contributed by atoms with Crippen LogP contribution < -0.4 is 4.74 Å². The highest BCUT2D eigenvalue weighted by molar-refractivity contribution is 6.00. The van der Waals surface area contributed by atoms with Gasteiger partial charge in [-0.3, -0.25) is 9.59 Å². The van der Waals surface area contributed by atoms with Gasteiger partial charge in [-0.05, 0) is 24.3 Å². The molecule has 2 aromatic carbocycles. The van der Waals surface area contributed by atoms with Crippen molar-refractivity contribution in [2.75, 3.05) is 13.7 Å². The van der Waals surface area contributed by atoms with Gasteiger partial charge >= 0.3 is 5.97 Å². The van der Waals surface area contributed by atoms with Crippen LogP contribution in [0.4, 0.5) is 0 Å². The molecule has 1 aromatic heterocycles. The number of rotatable bonds is 7. The molecule has 128 valence electrons. The van der Waals surface area contributed by atoms with E-state index in [9.17, 15) is 9.59 Å². The minimum absolute atomic E-state index is 0.0893. The first-order chi connectivity index (χ1) is 12.2. The first-order valence-electron chi connectivity index (χ1n) is 7.83. The predicted octanol–water partition coefficient (Wildman–Crippen LogP) is 3.20. The predicted molar refractivity (Wildman–Crippen MR) is 90.6 cm³/mol. The third-order valence-corrected chi connectivity index (χ3v) is 3.65. The zero-order chi connectivity index (χ0) is 17.6. The number of carbonyl (C=O) groups excluding carboxylic acids is 2. The quantitative estimate of drug-likeness (QED) is 0.486. The van der Waals surface area contributed by atoms with Crippen molar-refractivity contribution in [3.8, 4) is 5.75 Å². The molecule has 0 aliphatic carbocycles. The normalized spacial score (nSPS) is 10.6. The van der Waals surface area contributed by atoms with Gasteiger partial charge in [-0.1, -0.05) is 24.3 Å². The number of carbonyl (C=O) groups is 2. The summed E-state index contributed by atoms with van der Waals surface area (Å²) in [6.45, 7) is -0.327. The van der Waals surface area contributed by atoms with Crippen molar-refractivity contribution in [1.29, 1.82) is 0 Å². The number of aryl methyl sites for hydroxylation is 1. The molecule has 0 saturated carbocycles. The fourth-order valence-electron chi connectivity index (χ4n) is 2.41. The number of esters is 1. The molecule has 0 saturated heterocycles. The van der Waals surface area contributed by atoms with Gasteiger partial charge in [0.15, 0.2) is 18.1 Å². The van der Waals surface area contributed by atoms with Crippen LogP contribution in [0, 0.1) is 0 Å². The number of ether oxygens (including phenoxy) is 2. The zero-order valence-electron chi connectivity index (χ0n) is 13.7. The van der Waals surface area contributed by atoms with Gasteiger partial charge in [0.1, 0.15) is 11.3 Å². The van der Waals surface area contributed by atoms with E-state index in [1.165, 1.54) is 7.11 Å². The minimum atomic E-state index is -0.481. The molecule has 0 fully saturated rings. The van der Waals surface area contributed by atoms with Crippen LogP contribution in [-0.4, -0.2) is 30.5 Å². The Morgan fingerprint density at radius 3 is 2.64 bits per heavy atom. The van der Waals surface area contributed by atoms with E-state index in [2.05, 4.69) is 4.98 Å². The number of ketones is 1. The SMILES string of the molecule is COc1ccccc1C(=O)COC(=O)CCc1nc2ccccc2o1. The number of benzene rings is 2. The molecule has 3 rings (SSSR count). The lowest BCUT2D eigenvalue weighted by Gasteiger charge is -2.07. The molecule has 1 heterocycles. The number of para-hydroxylation sites is 3. The summed E-state index contributed by atoms with van der Waals surface area (Å²) in [6.07, 6.45) is 0.405. The van der Waals surface area contributed by atoms with E-state index in [0.29, 0.717) is 29.2 Å². The van der Waals surface area contributed by atoms with E-state index in [-0.39, 0.29) is 18.8 Å². The van der Waals surface area contributed by atoms with Gasteiger partial charge in [-0.2, -0.15) is 0 Å². The summed E-state index contributed by atoms with van der Waals surface area (Å²) in [5, 5.41) is 0.